The van der Waals surface area contributed by atoms with Gasteiger partial charge in [-0.3, -0.25) is 4.79 Å². The van der Waals surface area contributed by atoms with Crippen LogP contribution in [0.1, 0.15) is 38.4 Å². The van der Waals surface area contributed by atoms with Gasteiger partial charge < -0.3 is 20.3 Å². The van der Waals surface area contributed by atoms with E-state index in [4.69, 9.17) is 15.2 Å². The van der Waals surface area contributed by atoms with Crippen LogP contribution >= 0.6 is 0 Å². The molecule has 0 radical (unpaired) electrons. The van der Waals surface area contributed by atoms with Crippen molar-refractivity contribution in [3.8, 4) is 11.5 Å². The van der Waals surface area contributed by atoms with Gasteiger partial charge in [-0.15, -0.1) is 0 Å². The molecule has 1 rings (SSSR count). The monoisotopic (exact) mass is 281 g/mol. The summed E-state index contributed by atoms with van der Waals surface area (Å²) in [6.45, 7) is 4.89. The average molecular weight is 281 g/mol. The van der Waals surface area contributed by atoms with E-state index in [0.717, 1.165) is 12.8 Å². The molecule has 5 heteroatoms. The van der Waals surface area contributed by atoms with Crippen LogP contribution in [0.2, 0.25) is 0 Å². The Morgan fingerprint density at radius 3 is 2.50 bits per heavy atom. The molecule has 1 atom stereocenters. The molecule has 0 aromatic heterocycles. The highest BCUT2D eigenvalue weighted by Gasteiger charge is 2.19. The van der Waals surface area contributed by atoms with E-state index in [0.29, 0.717) is 29.6 Å². The van der Waals surface area contributed by atoms with Gasteiger partial charge in [0, 0.05) is 11.6 Å². The van der Waals surface area contributed by atoms with Gasteiger partial charge >= 0.3 is 0 Å². The maximum atomic E-state index is 11.0. The first-order chi connectivity index (χ1) is 9.53. The van der Waals surface area contributed by atoms with E-state index in [1.807, 2.05) is 0 Å². The molecule has 20 heavy (non-hydrogen) atoms. The summed E-state index contributed by atoms with van der Waals surface area (Å²) < 4.78 is 10.9. The number of ether oxygens (including phenoxy) is 2. The van der Waals surface area contributed by atoms with Crippen LogP contribution in [0.4, 0.5) is 0 Å². The summed E-state index contributed by atoms with van der Waals surface area (Å²) in [5.41, 5.74) is 5.43. The number of methoxy groups -OCH3 is 1. The molecular formula is C15H23NO4. The molecule has 0 aliphatic carbocycles. The van der Waals surface area contributed by atoms with E-state index in [1.54, 1.807) is 18.2 Å². The summed E-state index contributed by atoms with van der Waals surface area (Å²) in [6.07, 6.45) is 0.746. The number of hydrogen-bond acceptors (Lipinski definition) is 4. The summed E-state index contributed by atoms with van der Waals surface area (Å²) in [5.74, 6) is 0.735. The van der Waals surface area contributed by atoms with Gasteiger partial charge in [-0.2, -0.15) is 0 Å². The van der Waals surface area contributed by atoms with Crippen LogP contribution in [0.3, 0.4) is 0 Å². The molecule has 3 N–H and O–H groups in total. The summed E-state index contributed by atoms with van der Waals surface area (Å²) in [6, 6.07) is 4.95. The fourth-order valence-corrected chi connectivity index (χ4v) is 1.90. The molecule has 0 bridgehead atoms. The molecule has 0 aliphatic heterocycles. The van der Waals surface area contributed by atoms with E-state index in [2.05, 4.69) is 13.8 Å². The standard InChI is InChI=1S/C15H23NO4/c1-4-10(5-2)9-20-11-6-7-12(13(8-11)19-3)14(17)15(16)18/h6-8,10,14,17H,4-5,9H2,1-3H3,(H2,16,18)/t14-/m1/s1. The predicted molar refractivity (Wildman–Crippen MR) is 76.7 cm³/mol. The molecule has 0 fully saturated rings. The number of aliphatic hydroxyl groups is 1. The first-order valence-corrected chi connectivity index (χ1v) is 6.81. The van der Waals surface area contributed by atoms with Gasteiger partial charge in [0.1, 0.15) is 11.5 Å². The number of carbonyl (C=O) groups excluding carboxylic acids is 1. The number of aliphatic hydroxyl groups excluding tert-OH is 1. The fourth-order valence-electron chi connectivity index (χ4n) is 1.90. The minimum absolute atomic E-state index is 0.342. The minimum atomic E-state index is -1.38. The number of primary amides is 1. The molecule has 0 saturated carbocycles. The van der Waals surface area contributed by atoms with Crippen LogP contribution in [0, 0.1) is 5.92 Å². The molecule has 0 aliphatic rings. The van der Waals surface area contributed by atoms with Crippen molar-refractivity contribution in [1.29, 1.82) is 0 Å². The number of amides is 1. The molecule has 112 valence electrons. The third-order valence-electron chi connectivity index (χ3n) is 3.41. The van der Waals surface area contributed by atoms with Crippen molar-refractivity contribution in [3.63, 3.8) is 0 Å². The number of benzene rings is 1. The second-order valence-electron chi connectivity index (χ2n) is 4.70. The zero-order valence-corrected chi connectivity index (χ0v) is 12.3. The molecule has 0 heterocycles. The van der Waals surface area contributed by atoms with Crippen molar-refractivity contribution in [2.45, 2.75) is 32.8 Å². The maximum Gasteiger partial charge on any atom is 0.251 e. The van der Waals surface area contributed by atoms with Crippen molar-refractivity contribution in [2.75, 3.05) is 13.7 Å². The largest absolute Gasteiger partial charge is 0.496 e. The molecule has 0 spiro atoms. The van der Waals surface area contributed by atoms with E-state index in [-0.39, 0.29) is 0 Å². The lowest BCUT2D eigenvalue weighted by Crippen LogP contribution is -2.21. The Morgan fingerprint density at radius 2 is 2.00 bits per heavy atom. The highest BCUT2D eigenvalue weighted by atomic mass is 16.5. The van der Waals surface area contributed by atoms with Crippen molar-refractivity contribution in [1.82, 2.24) is 0 Å². The number of hydrogen-bond donors (Lipinski definition) is 2. The van der Waals surface area contributed by atoms with Gasteiger partial charge in [0.25, 0.3) is 5.91 Å². The predicted octanol–water partition coefficient (Wildman–Crippen LogP) is 2.03. The highest BCUT2D eigenvalue weighted by Crippen LogP contribution is 2.29. The lowest BCUT2D eigenvalue weighted by atomic mass is 10.1. The average Bonchev–Trinajstić information content (AvgIpc) is 2.47. The Labute approximate surface area is 119 Å². The molecule has 0 saturated heterocycles. The zero-order chi connectivity index (χ0) is 15.1. The molecule has 1 aromatic rings. The third kappa shape index (κ3) is 4.13. The molecule has 1 aromatic carbocycles. The normalized spacial score (nSPS) is 12.2. The summed E-state index contributed by atoms with van der Waals surface area (Å²) in [5, 5.41) is 9.70. The summed E-state index contributed by atoms with van der Waals surface area (Å²) in [4.78, 5) is 11.0. The van der Waals surface area contributed by atoms with Crippen molar-refractivity contribution in [3.05, 3.63) is 23.8 Å². The van der Waals surface area contributed by atoms with Gasteiger partial charge in [-0.1, -0.05) is 26.7 Å². The SMILES string of the molecule is CCC(CC)COc1ccc([C@@H](O)C(N)=O)c(OC)c1. The van der Waals surface area contributed by atoms with Crippen LogP contribution in [0.5, 0.6) is 11.5 Å². The van der Waals surface area contributed by atoms with E-state index >= 15 is 0 Å². The number of carbonyl (C=O) groups is 1. The Bertz CT molecular complexity index is 443. The van der Waals surface area contributed by atoms with Crippen LogP contribution in [-0.4, -0.2) is 24.7 Å². The Morgan fingerprint density at radius 1 is 1.35 bits per heavy atom. The Kier molecular flexibility index (Phi) is 6.31. The van der Waals surface area contributed by atoms with Crippen LogP contribution in [0.15, 0.2) is 18.2 Å². The lowest BCUT2D eigenvalue weighted by Gasteiger charge is -2.16. The van der Waals surface area contributed by atoms with Crippen molar-refractivity contribution < 1.29 is 19.4 Å². The second-order valence-corrected chi connectivity index (χ2v) is 4.70. The van der Waals surface area contributed by atoms with Gasteiger partial charge in [0.15, 0.2) is 6.10 Å². The van der Waals surface area contributed by atoms with Crippen LogP contribution < -0.4 is 15.2 Å². The van der Waals surface area contributed by atoms with E-state index in [1.165, 1.54) is 7.11 Å². The third-order valence-corrected chi connectivity index (χ3v) is 3.41. The van der Waals surface area contributed by atoms with Crippen LogP contribution in [-0.2, 0) is 4.79 Å². The number of nitrogens with two attached hydrogens (primary N) is 1. The van der Waals surface area contributed by atoms with E-state index in [9.17, 15) is 9.90 Å². The molecule has 5 nitrogen and oxygen atoms in total. The molecule has 0 unspecified atom stereocenters. The van der Waals surface area contributed by atoms with Gasteiger partial charge in [0.05, 0.1) is 13.7 Å². The summed E-state index contributed by atoms with van der Waals surface area (Å²) in [7, 11) is 1.47. The van der Waals surface area contributed by atoms with Gasteiger partial charge in [0.2, 0.25) is 0 Å². The summed E-state index contributed by atoms with van der Waals surface area (Å²) >= 11 is 0. The second kappa shape index (κ2) is 7.75. The number of rotatable bonds is 8. The fraction of sp³-hybridized carbons (Fsp3) is 0.533. The topological polar surface area (TPSA) is 81.8 Å². The molecule has 1 amide bonds. The quantitative estimate of drug-likeness (QED) is 0.764. The highest BCUT2D eigenvalue weighted by molar-refractivity contribution is 5.81. The van der Waals surface area contributed by atoms with Crippen molar-refractivity contribution >= 4 is 5.91 Å². The zero-order valence-electron chi connectivity index (χ0n) is 12.3. The van der Waals surface area contributed by atoms with Crippen molar-refractivity contribution in [2.24, 2.45) is 11.7 Å². The van der Waals surface area contributed by atoms with Gasteiger partial charge in [-0.25, -0.2) is 0 Å². The van der Waals surface area contributed by atoms with Crippen LogP contribution in [0.25, 0.3) is 0 Å². The lowest BCUT2D eigenvalue weighted by molar-refractivity contribution is -0.126. The molecular weight excluding hydrogens is 258 g/mol. The Balaban J connectivity index is 2.84. The smallest absolute Gasteiger partial charge is 0.251 e. The Hall–Kier alpha value is -1.75. The first kappa shape index (κ1) is 16.3. The maximum absolute atomic E-state index is 11.0. The minimum Gasteiger partial charge on any atom is -0.496 e. The van der Waals surface area contributed by atoms with E-state index < -0.39 is 12.0 Å². The first-order valence-electron chi connectivity index (χ1n) is 6.81. The van der Waals surface area contributed by atoms with Gasteiger partial charge in [-0.05, 0) is 18.1 Å².